The van der Waals surface area contributed by atoms with Crippen LogP contribution in [0.1, 0.15) is 75.6 Å². The summed E-state index contributed by atoms with van der Waals surface area (Å²) >= 11 is 0. The maximum absolute atomic E-state index is 14.2. The number of halogens is 1. The van der Waals surface area contributed by atoms with E-state index in [2.05, 4.69) is 58.3 Å². The molecule has 1 N–H and O–H groups in total. The van der Waals surface area contributed by atoms with Crippen LogP contribution in [0.3, 0.4) is 0 Å². The number of anilines is 1. The van der Waals surface area contributed by atoms with Crippen LogP contribution in [0.25, 0.3) is 11.1 Å². The van der Waals surface area contributed by atoms with Gasteiger partial charge in [-0.15, -0.1) is 0 Å². The number of nitrogens with zero attached hydrogens (tertiary/aromatic N) is 3. The number of unbranched alkanes of at least 4 members (excludes halogenated alkanes) is 2. The van der Waals surface area contributed by atoms with Gasteiger partial charge in [-0.2, -0.15) is 0 Å². The Morgan fingerprint density at radius 1 is 0.848 bits per heavy atom. The van der Waals surface area contributed by atoms with Gasteiger partial charge in [-0.05, 0) is 42.9 Å². The maximum atomic E-state index is 14.2. The molecule has 0 bridgehead atoms. The zero-order valence-electron chi connectivity index (χ0n) is 19.8. The zero-order chi connectivity index (χ0) is 23.0. The molecule has 4 rings (SSSR count). The average Bonchev–Trinajstić information content (AvgIpc) is 3.35. The number of nitrogens with one attached hydrogen (secondary N) is 1. The first kappa shape index (κ1) is 23.4. The lowest BCUT2D eigenvalue weighted by Gasteiger charge is -2.22. The van der Waals surface area contributed by atoms with E-state index in [1.807, 2.05) is 24.5 Å². The van der Waals surface area contributed by atoms with E-state index in [-0.39, 0.29) is 17.9 Å². The van der Waals surface area contributed by atoms with Gasteiger partial charge < -0.3 is 10.2 Å². The molecule has 0 amide bonds. The number of hydrogen-bond donors (Lipinski definition) is 1. The summed E-state index contributed by atoms with van der Waals surface area (Å²) < 4.78 is 14.2. The first-order valence-electron chi connectivity index (χ1n) is 12.4. The highest BCUT2D eigenvalue weighted by Gasteiger charge is 2.27. The monoisotopic (exact) mass is 446 g/mol. The minimum absolute atomic E-state index is 0.0696. The number of rotatable bonds is 10. The highest BCUT2D eigenvalue weighted by atomic mass is 19.1. The predicted octanol–water partition coefficient (Wildman–Crippen LogP) is 6.86. The third kappa shape index (κ3) is 5.77. The second-order valence-electron chi connectivity index (χ2n) is 8.96. The van der Waals surface area contributed by atoms with Gasteiger partial charge in [0.25, 0.3) is 0 Å². The largest absolute Gasteiger partial charge is 0.341 e. The van der Waals surface area contributed by atoms with E-state index in [4.69, 9.17) is 0 Å². The summed E-state index contributed by atoms with van der Waals surface area (Å²) in [5.74, 6) is 0.698. The van der Waals surface area contributed by atoms with E-state index in [1.165, 1.54) is 18.4 Å². The Labute approximate surface area is 197 Å². The normalized spacial score (nSPS) is 17.9. The van der Waals surface area contributed by atoms with Crippen LogP contribution in [-0.4, -0.2) is 23.1 Å². The second-order valence-corrected chi connectivity index (χ2v) is 8.96. The first-order chi connectivity index (χ1) is 16.2. The minimum Gasteiger partial charge on any atom is -0.341 e. The van der Waals surface area contributed by atoms with Gasteiger partial charge in [-0.1, -0.05) is 69.2 Å². The molecule has 0 saturated carbocycles. The molecule has 174 valence electrons. The van der Waals surface area contributed by atoms with Gasteiger partial charge in [0.1, 0.15) is 5.82 Å². The van der Waals surface area contributed by atoms with Crippen molar-refractivity contribution in [2.75, 3.05) is 18.0 Å². The number of hydrogen-bond acceptors (Lipinski definition) is 4. The Balaban J connectivity index is 1.41. The van der Waals surface area contributed by atoms with Gasteiger partial charge >= 0.3 is 0 Å². The summed E-state index contributed by atoms with van der Waals surface area (Å²) in [5, 5.41) is 3.61. The summed E-state index contributed by atoms with van der Waals surface area (Å²) in [6.45, 7) is 6.44. The van der Waals surface area contributed by atoms with Crippen molar-refractivity contribution in [2.45, 2.75) is 64.5 Å². The third-order valence-corrected chi connectivity index (χ3v) is 6.56. The van der Waals surface area contributed by atoms with Gasteiger partial charge in [-0.25, -0.2) is 14.4 Å². The topological polar surface area (TPSA) is 41.1 Å². The highest BCUT2D eigenvalue weighted by Crippen LogP contribution is 2.36. The number of benzene rings is 2. The number of aromatic nitrogens is 2. The fourth-order valence-electron chi connectivity index (χ4n) is 4.56. The quantitative estimate of drug-likeness (QED) is 0.369. The molecule has 1 aliphatic rings. The van der Waals surface area contributed by atoms with Crippen LogP contribution in [0.4, 0.5) is 10.3 Å². The van der Waals surface area contributed by atoms with Gasteiger partial charge in [0, 0.05) is 48.7 Å². The standard InChI is InChI=1S/C28H35FN4/c1-3-5-17-33(18-6-4-2)28-30-19-23(20-31-28)21-11-13-22(14-12-21)26-15-16-27(32-26)24-9-7-8-10-25(24)29/h7-14,19-20,26-27,32H,3-6,15-18H2,1-2H3. The lowest BCUT2D eigenvalue weighted by Crippen LogP contribution is -2.27. The van der Waals surface area contributed by atoms with Crippen LogP contribution in [-0.2, 0) is 0 Å². The Hall–Kier alpha value is -2.79. The summed E-state index contributed by atoms with van der Waals surface area (Å²) in [4.78, 5) is 11.7. The van der Waals surface area contributed by atoms with Gasteiger partial charge in [0.05, 0.1) is 0 Å². The van der Waals surface area contributed by atoms with Crippen LogP contribution >= 0.6 is 0 Å². The van der Waals surface area contributed by atoms with Crippen molar-refractivity contribution in [3.8, 4) is 11.1 Å². The van der Waals surface area contributed by atoms with E-state index in [0.717, 1.165) is 61.4 Å². The smallest absolute Gasteiger partial charge is 0.225 e. The maximum Gasteiger partial charge on any atom is 0.225 e. The van der Waals surface area contributed by atoms with E-state index in [0.29, 0.717) is 0 Å². The Morgan fingerprint density at radius 3 is 2.12 bits per heavy atom. The third-order valence-electron chi connectivity index (χ3n) is 6.56. The molecule has 2 heterocycles. The van der Waals surface area contributed by atoms with Gasteiger partial charge in [-0.3, -0.25) is 0 Å². The summed E-state index contributed by atoms with van der Waals surface area (Å²) in [7, 11) is 0. The predicted molar refractivity (Wildman–Crippen MR) is 134 cm³/mol. The van der Waals surface area contributed by atoms with Gasteiger partial charge in [0.2, 0.25) is 5.95 Å². The van der Waals surface area contributed by atoms with Crippen molar-refractivity contribution in [3.63, 3.8) is 0 Å². The molecule has 2 atom stereocenters. The molecule has 2 unspecified atom stereocenters. The SMILES string of the molecule is CCCCN(CCCC)c1ncc(-c2ccc(C3CCC(c4ccccc4F)N3)cc2)cn1. The van der Waals surface area contributed by atoms with Gasteiger partial charge in [0.15, 0.2) is 0 Å². The van der Waals surface area contributed by atoms with E-state index in [9.17, 15) is 4.39 Å². The zero-order valence-corrected chi connectivity index (χ0v) is 19.8. The average molecular weight is 447 g/mol. The molecule has 1 saturated heterocycles. The molecular formula is C28H35FN4. The second kappa shape index (κ2) is 11.4. The Bertz CT molecular complexity index is 995. The summed E-state index contributed by atoms with van der Waals surface area (Å²) in [6.07, 6.45) is 10.5. The van der Waals surface area contributed by atoms with Crippen LogP contribution in [0.15, 0.2) is 60.9 Å². The Kier molecular flexibility index (Phi) is 8.05. The van der Waals surface area contributed by atoms with Crippen LogP contribution in [0.5, 0.6) is 0 Å². The molecule has 33 heavy (non-hydrogen) atoms. The lowest BCUT2D eigenvalue weighted by molar-refractivity contribution is 0.533. The van der Waals surface area contributed by atoms with Crippen molar-refractivity contribution in [2.24, 2.45) is 0 Å². The van der Waals surface area contributed by atoms with E-state index < -0.39 is 0 Å². The van der Waals surface area contributed by atoms with Crippen LogP contribution in [0, 0.1) is 5.82 Å². The fourth-order valence-corrected chi connectivity index (χ4v) is 4.56. The summed E-state index contributed by atoms with van der Waals surface area (Å²) in [6, 6.07) is 16.0. The molecular weight excluding hydrogens is 411 g/mol. The molecule has 1 fully saturated rings. The molecule has 0 spiro atoms. The molecule has 0 radical (unpaired) electrons. The minimum atomic E-state index is -0.127. The molecule has 2 aromatic carbocycles. The van der Waals surface area contributed by atoms with Crippen LogP contribution < -0.4 is 10.2 Å². The van der Waals surface area contributed by atoms with Crippen molar-refractivity contribution in [1.82, 2.24) is 15.3 Å². The molecule has 1 aliphatic heterocycles. The molecule has 0 aliphatic carbocycles. The lowest BCUT2D eigenvalue weighted by atomic mass is 10.0. The molecule has 1 aromatic heterocycles. The van der Waals surface area contributed by atoms with Crippen molar-refractivity contribution < 1.29 is 4.39 Å². The van der Waals surface area contributed by atoms with Crippen molar-refractivity contribution in [3.05, 3.63) is 77.9 Å². The van der Waals surface area contributed by atoms with Crippen molar-refractivity contribution in [1.29, 1.82) is 0 Å². The first-order valence-corrected chi connectivity index (χ1v) is 12.4. The van der Waals surface area contributed by atoms with E-state index in [1.54, 1.807) is 12.1 Å². The highest BCUT2D eigenvalue weighted by molar-refractivity contribution is 5.62. The fraction of sp³-hybridized carbons (Fsp3) is 0.429. The van der Waals surface area contributed by atoms with Crippen molar-refractivity contribution >= 4 is 5.95 Å². The molecule has 5 heteroatoms. The Morgan fingerprint density at radius 2 is 1.48 bits per heavy atom. The molecule has 4 nitrogen and oxygen atoms in total. The molecule has 3 aromatic rings. The van der Waals surface area contributed by atoms with Crippen LogP contribution in [0.2, 0.25) is 0 Å². The summed E-state index contributed by atoms with van der Waals surface area (Å²) in [5.41, 5.74) is 4.14. The van der Waals surface area contributed by atoms with E-state index >= 15 is 0 Å².